The molecule has 150 valence electrons. The van der Waals surface area contributed by atoms with Crippen molar-refractivity contribution in [3.05, 3.63) is 29.3 Å². The third-order valence-electron chi connectivity index (χ3n) is 3.29. The molecule has 2 radical (unpaired) electrons. The number of methoxy groups -OCH3 is 1. The molecule has 0 saturated heterocycles. The van der Waals surface area contributed by atoms with Crippen LogP contribution in [0, 0.1) is 0 Å². The van der Waals surface area contributed by atoms with Gasteiger partial charge < -0.3 is 9.47 Å². The number of benzene rings is 1. The van der Waals surface area contributed by atoms with Crippen molar-refractivity contribution in [2.75, 3.05) is 12.9 Å². The average Bonchev–Trinajstić information content (AvgIpc) is 2.49. The summed E-state index contributed by atoms with van der Waals surface area (Å²) in [6.07, 6.45) is -12.9. The van der Waals surface area contributed by atoms with Gasteiger partial charge in [0.15, 0.2) is 0 Å². The molecule has 0 unspecified atom stereocenters. The van der Waals surface area contributed by atoms with Crippen molar-refractivity contribution in [2.24, 2.45) is 0 Å². The lowest BCUT2D eigenvalue weighted by Crippen LogP contribution is -2.63. The van der Waals surface area contributed by atoms with E-state index in [1.807, 2.05) is 0 Å². The van der Waals surface area contributed by atoms with E-state index in [2.05, 4.69) is 4.74 Å². The van der Waals surface area contributed by atoms with Gasteiger partial charge in [-0.05, 0) is 12.1 Å². The zero-order chi connectivity index (χ0) is 21.3. The number of esters is 1. The molecule has 14 heteroatoms. The van der Waals surface area contributed by atoms with Gasteiger partial charge in [0.1, 0.15) is 17.1 Å². The molecule has 1 N–H and O–H groups in total. The summed E-state index contributed by atoms with van der Waals surface area (Å²) in [5.41, 5.74) is -6.01. The lowest BCUT2D eigenvalue weighted by molar-refractivity contribution is -0.356. The molecule has 0 atom stereocenters. The fourth-order valence-electron chi connectivity index (χ4n) is 1.97. The minimum absolute atomic E-state index is 0.0799. The Morgan fingerprint density at radius 2 is 1.67 bits per heavy atom. The van der Waals surface area contributed by atoms with Crippen LogP contribution in [0.3, 0.4) is 0 Å². The van der Waals surface area contributed by atoms with Gasteiger partial charge in [-0.15, -0.1) is 0 Å². The Kier molecular flexibility index (Phi) is 6.48. The maximum Gasteiger partial charge on any atom is 0.438 e. The zero-order valence-electron chi connectivity index (χ0n) is 13.4. The Morgan fingerprint density at radius 3 is 2.04 bits per heavy atom. The molecule has 0 fully saturated rings. The van der Waals surface area contributed by atoms with Crippen molar-refractivity contribution >= 4 is 23.9 Å². The van der Waals surface area contributed by atoms with Crippen LogP contribution in [0.25, 0.3) is 0 Å². The van der Waals surface area contributed by atoms with Crippen molar-refractivity contribution in [1.29, 1.82) is 0 Å². The van der Waals surface area contributed by atoms with Gasteiger partial charge in [-0.3, -0.25) is 4.55 Å². The molecule has 0 aliphatic rings. The van der Waals surface area contributed by atoms with Crippen LogP contribution in [0.4, 0.5) is 26.3 Å². The Morgan fingerprint density at radius 1 is 1.15 bits per heavy atom. The van der Waals surface area contributed by atoms with Crippen LogP contribution in [0.1, 0.15) is 15.9 Å². The fourth-order valence-corrected chi connectivity index (χ4v) is 2.87. The van der Waals surface area contributed by atoms with Gasteiger partial charge in [0.2, 0.25) is 0 Å². The third kappa shape index (κ3) is 5.06. The SMILES string of the molecule is [B]Cc1ccc(C(=O)OC(CS(=O)(=O)O)(C(F)(F)F)C(F)(F)F)c(OC)c1. The summed E-state index contributed by atoms with van der Waals surface area (Å²) < 4.78 is 117. The number of alkyl halides is 6. The lowest BCUT2D eigenvalue weighted by Gasteiger charge is -2.35. The fraction of sp³-hybridized carbons (Fsp3) is 0.462. The molecule has 1 aromatic rings. The second kappa shape index (κ2) is 7.58. The molecule has 0 amide bonds. The van der Waals surface area contributed by atoms with Crippen LogP contribution in [0.5, 0.6) is 5.75 Å². The quantitative estimate of drug-likeness (QED) is 0.329. The average molecular weight is 420 g/mol. The van der Waals surface area contributed by atoms with Gasteiger partial charge in [-0.25, -0.2) is 4.79 Å². The highest BCUT2D eigenvalue weighted by atomic mass is 32.2. The first kappa shape index (κ1) is 23.1. The Hall–Kier alpha value is -1.96. The van der Waals surface area contributed by atoms with Crippen molar-refractivity contribution < 1.29 is 53.6 Å². The van der Waals surface area contributed by atoms with Crippen LogP contribution >= 0.6 is 0 Å². The van der Waals surface area contributed by atoms with Gasteiger partial charge in [0, 0.05) is 0 Å². The minimum atomic E-state index is -6.42. The molecule has 0 heterocycles. The molecule has 0 aliphatic heterocycles. The van der Waals surface area contributed by atoms with Gasteiger partial charge in [0.05, 0.1) is 15.0 Å². The molecular weight excluding hydrogens is 409 g/mol. The van der Waals surface area contributed by atoms with E-state index in [1.165, 1.54) is 0 Å². The number of hydrogen-bond donors (Lipinski definition) is 1. The second-order valence-corrected chi connectivity index (χ2v) is 6.63. The topological polar surface area (TPSA) is 89.9 Å². The van der Waals surface area contributed by atoms with Gasteiger partial charge in [-0.1, -0.05) is 17.9 Å². The van der Waals surface area contributed by atoms with Crippen molar-refractivity contribution in [3.63, 3.8) is 0 Å². The molecule has 0 aliphatic carbocycles. The van der Waals surface area contributed by atoms with E-state index in [0.29, 0.717) is 5.56 Å². The first-order valence-electron chi connectivity index (χ1n) is 6.77. The number of halogens is 6. The predicted octanol–water partition coefficient (Wildman–Crippen LogP) is 2.27. The third-order valence-corrected chi connectivity index (χ3v) is 4.06. The number of rotatable bonds is 6. The van der Waals surface area contributed by atoms with Crippen LogP contribution in [0.15, 0.2) is 18.2 Å². The number of hydrogen-bond acceptors (Lipinski definition) is 5. The first-order chi connectivity index (χ1) is 12.1. The van der Waals surface area contributed by atoms with Crippen molar-refractivity contribution in [1.82, 2.24) is 0 Å². The maximum absolute atomic E-state index is 13.2. The van der Waals surface area contributed by atoms with E-state index in [4.69, 9.17) is 17.1 Å². The normalized spacial score (nSPS) is 13.3. The van der Waals surface area contributed by atoms with Gasteiger partial charge >= 0.3 is 23.9 Å². The number of carbonyl (C=O) groups excluding carboxylic acids is 1. The highest BCUT2D eigenvalue weighted by Gasteiger charge is 2.76. The monoisotopic (exact) mass is 420 g/mol. The maximum atomic E-state index is 13.2. The highest BCUT2D eigenvalue weighted by Crippen LogP contribution is 2.47. The van der Waals surface area contributed by atoms with E-state index in [0.717, 1.165) is 25.3 Å². The van der Waals surface area contributed by atoms with Gasteiger partial charge in [-0.2, -0.15) is 34.8 Å². The summed E-state index contributed by atoms with van der Waals surface area (Å²) in [5.74, 6) is -5.59. The first-order valence-corrected chi connectivity index (χ1v) is 8.38. The molecule has 27 heavy (non-hydrogen) atoms. The van der Waals surface area contributed by atoms with E-state index in [9.17, 15) is 39.6 Å². The summed E-state index contributed by atoms with van der Waals surface area (Å²) in [5, 5.41) is 0. The smallest absolute Gasteiger partial charge is 0.438 e. The van der Waals surface area contributed by atoms with Crippen LogP contribution < -0.4 is 4.74 Å². The van der Waals surface area contributed by atoms with E-state index in [-0.39, 0.29) is 6.32 Å². The van der Waals surface area contributed by atoms with Crippen LogP contribution in [-0.4, -0.2) is 57.6 Å². The van der Waals surface area contributed by atoms with E-state index < -0.39 is 51.1 Å². The molecule has 0 spiro atoms. The molecule has 0 saturated carbocycles. The number of carbonyl (C=O) groups is 1. The Balaban J connectivity index is 3.53. The molecule has 1 rings (SSSR count). The number of ether oxygens (including phenoxy) is 2. The molecular formula is C13H11BF6O6S. The summed E-state index contributed by atoms with van der Waals surface area (Å²) >= 11 is 0. The molecule has 0 aromatic heterocycles. The minimum Gasteiger partial charge on any atom is -0.496 e. The summed E-state index contributed by atoms with van der Waals surface area (Å²) in [6.45, 7) is 0. The Labute approximate surface area is 150 Å². The van der Waals surface area contributed by atoms with Gasteiger partial charge in [0.25, 0.3) is 10.1 Å². The van der Waals surface area contributed by atoms with Crippen molar-refractivity contribution in [3.8, 4) is 5.75 Å². The molecule has 6 nitrogen and oxygen atoms in total. The lowest BCUT2D eigenvalue weighted by atomic mass is 9.95. The summed E-state index contributed by atoms with van der Waals surface area (Å²) in [7, 11) is 0.432. The van der Waals surface area contributed by atoms with Crippen LogP contribution in [-0.2, 0) is 21.2 Å². The largest absolute Gasteiger partial charge is 0.496 e. The second-order valence-electron chi connectivity index (χ2n) is 5.18. The van der Waals surface area contributed by atoms with Crippen LogP contribution in [0.2, 0.25) is 0 Å². The molecule has 1 aromatic carbocycles. The summed E-state index contributed by atoms with van der Waals surface area (Å²) in [4.78, 5) is 12.0. The molecule has 0 bridgehead atoms. The Bertz CT molecular complexity index is 790. The van der Waals surface area contributed by atoms with Crippen molar-refractivity contribution in [2.45, 2.75) is 24.3 Å². The predicted molar refractivity (Wildman–Crippen MR) is 79.1 cm³/mol. The summed E-state index contributed by atoms with van der Waals surface area (Å²) in [6, 6.07) is 2.99. The zero-order valence-corrected chi connectivity index (χ0v) is 14.2. The standard InChI is InChI=1S/C13H11BF6O6S/c1-25-9-4-7(5-14)2-3-8(9)10(21)26-11(12(15,16)17,13(18,19)20)6-27(22,23)24/h2-4H,5-6H2,1H3,(H,22,23,24). The van der Waals surface area contributed by atoms with E-state index >= 15 is 0 Å². The van der Waals surface area contributed by atoms with E-state index in [1.54, 1.807) is 0 Å². The highest BCUT2D eigenvalue weighted by molar-refractivity contribution is 7.85.